The number of nitriles is 1. The van der Waals surface area contributed by atoms with Crippen molar-refractivity contribution in [1.29, 1.82) is 5.26 Å². The van der Waals surface area contributed by atoms with Crippen LogP contribution in [-0.4, -0.2) is 38.8 Å². The van der Waals surface area contributed by atoms with E-state index in [0.717, 1.165) is 48.9 Å². The third-order valence-corrected chi connectivity index (χ3v) is 8.54. The van der Waals surface area contributed by atoms with Gasteiger partial charge in [-0.3, -0.25) is 4.79 Å². The molecule has 0 radical (unpaired) electrons. The molecule has 2 saturated heterocycles. The second-order valence-electron chi connectivity index (χ2n) is 11.3. The van der Waals surface area contributed by atoms with Crippen molar-refractivity contribution >= 4 is 5.91 Å². The van der Waals surface area contributed by atoms with E-state index in [1.54, 1.807) is 0 Å². The Morgan fingerprint density at radius 2 is 2.20 bits per heavy atom. The standard InChI is InChI=1S/C28H34N4O3/c1-16-23-7-8-24(35-23)17(2)28(16,34)19-5-6-22(32-26(33)25-30-15-20(14-29)31-25)21(13-19)18-9-11-27(3,4)12-10-18/h5-6,9,15,17,19,23-24,34H,1,7-8,10-13H2,2-4H3,(H,30,31)(H,32,33)/t17-,19?,23?,24?,28+/m1/s1. The monoisotopic (exact) mass is 474 g/mol. The van der Waals surface area contributed by atoms with Crippen molar-refractivity contribution in [2.45, 2.75) is 77.1 Å². The molecule has 35 heavy (non-hydrogen) atoms. The lowest BCUT2D eigenvalue weighted by Crippen LogP contribution is -2.55. The first-order valence-electron chi connectivity index (χ1n) is 12.6. The molecule has 3 N–H and O–H groups in total. The van der Waals surface area contributed by atoms with Crippen molar-refractivity contribution in [3.8, 4) is 6.07 Å². The van der Waals surface area contributed by atoms with Crippen molar-refractivity contribution in [3.05, 3.63) is 64.9 Å². The Morgan fingerprint density at radius 3 is 2.89 bits per heavy atom. The summed E-state index contributed by atoms with van der Waals surface area (Å²) in [4.78, 5) is 19.7. The Morgan fingerprint density at radius 1 is 1.40 bits per heavy atom. The first kappa shape index (κ1) is 23.8. The van der Waals surface area contributed by atoms with Crippen LogP contribution in [0.2, 0.25) is 0 Å². The van der Waals surface area contributed by atoms with E-state index < -0.39 is 5.60 Å². The molecule has 4 aliphatic rings. The van der Waals surface area contributed by atoms with Crippen LogP contribution in [0.25, 0.3) is 0 Å². The van der Waals surface area contributed by atoms with Gasteiger partial charge in [-0.05, 0) is 66.7 Å². The van der Waals surface area contributed by atoms with E-state index in [9.17, 15) is 9.90 Å². The zero-order valence-corrected chi connectivity index (χ0v) is 20.7. The summed E-state index contributed by atoms with van der Waals surface area (Å²) in [6, 6.07) is 1.96. The van der Waals surface area contributed by atoms with Gasteiger partial charge in [-0.15, -0.1) is 0 Å². The number of aromatic nitrogens is 2. The Bertz CT molecular complexity index is 1200. The van der Waals surface area contributed by atoms with Crippen LogP contribution >= 0.6 is 0 Å². The number of rotatable bonds is 4. The maximum atomic E-state index is 12.9. The van der Waals surface area contributed by atoms with Gasteiger partial charge in [-0.1, -0.05) is 39.5 Å². The number of hydrogen-bond acceptors (Lipinski definition) is 5. The van der Waals surface area contributed by atoms with Crippen molar-refractivity contribution in [2.75, 3.05) is 0 Å². The predicted molar refractivity (Wildman–Crippen MR) is 132 cm³/mol. The van der Waals surface area contributed by atoms with Crippen LogP contribution in [0.3, 0.4) is 0 Å². The summed E-state index contributed by atoms with van der Waals surface area (Å²) in [6.07, 6.45) is 12.9. The number of carbonyl (C=O) groups is 1. The SMILES string of the molecule is C=C1C2CCC(O2)[C@@H](C)[C@]1(O)C1C=CC(NC(=O)c2ncc(C#N)[nH]2)=C(C2=CCC(C)(C)CC2)C1. The van der Waals surface area contributed by atoms with Gasteiger partial charge in [-0.2, -0.15) is 5.26 Å². The Balaban J connectivity index is 1.47. The molecule has 2 fully saturated rings. The van der Waals surface area contributed by atoms with E-state index in [0.29, 0.717) is 6.42 Å². The largest absolute Gasteiger partial charge is 0.384 e. The zero-order chi connectivity index (χ0) is 25.0. The number of fused-ring (bicyclic) bond motifs is 2. The number of amides is 1. The molecule has 2 aliphatic heterocycles. The summed E-state index contributed by atoms with van der Waals surface area (Å²) in [5, 5.41) is 24.1. The number of nitrogens with zero attached hydrogens (tertiary/aromatic N) is 2. The predicted octanol–water partition coefficient (Wildman–Crippen LogP) is 4.46. The van der Waals surface area contributed by atoms with Crippen LogP contribution in [0, 0.1) is 28.6 Å². The third kappa shape index (κ3) is 4.09. The molecule has 3 unspecified atom stereocenters. The second kappa shape index (κ2) is 8.61. The van der Waals surface area contributed by atoms with Crippen molar-refractivity contribution in [2.24, 2.45) is 17.3 Å². The summed E-state index contributed by atoms with van der Waals surface area (Å²) in [5.74, 6) is -0.506. The van der Waals surface area contributed by atoms with Crippen molar-refractivity contribution < 1.29 is 14.6 Å². The molecular weight excluding hydrogens is 440 g/mol. The molecule has 0 spiro atoms. The molecule has 5 atom stereocenters. The number of allylic oxidation sites excluding steroid dienone is 4. The van der Waals surface area contributed by atoms with Crippen LogP contribution in [0.1, 0.15) is 75.6 Å². The molecule has 7 heteroatoms. The highest BCUT2D eigenvalue weighted by atomic mass is 16.5. The number of imidazole rings is 1. The molecule has 1 aromatic heterocycles. The van der Waals surface area contributed by atoms with Gasteiger partial charge >= 0.3 is 0 Å². The van der Waals surface area contributed by atoms with Crippen LogP contribution < -0.4 is 5.32 Å². The van der Waals surface area contributed by atoms with Gasteiger partial charge in [0.2, 0.25) is 0 Å². The molecule has 184 valence electrons. The van der Waals surface area contributed by atoms with Gasteiger partial charge in [0.05, 0.1) is 24.0 Å². The van der Waals surface area contributed by atoms with E-state index in [-0.39, 0.29) is 46.9 Å². The highest BCUT2D eigenvalue weighted by Gasteiger charge is 2.55. The van der Waals surface area contributed by atoms with E-state index in [2.05, 4.69) is 48.7 Å². The topological polar surface area (TPSA) is 111 Å². The van der Waals surface area contributed by atoms with Crippen molar-refractivity contribution in [3.63, 3.8) is 0 Å². The summed E-state index contributed by atoms with van der Waals surface area (Å²) < 4.78 is 6.11. The Kier molecular flexibility index (Phi) is 5.85. The lowest BCUT2D eigenvalue weighted by Gasteiger charge is -2.49. The number of hydrogen-bond donors (Lipinski definition) is 3. The summed E-state index contributed by atoms with van der Waals surface area (Å²) in [7, 11) is 0. The minimum absolute atomic E-state index is 0.0420. The minimum Gasteiger partial charge on any atom is -0.384 e. The maximum absolute atomic E-state index is 12.9. The second-order valence-corrected chi connectivity index (χ2v) is 11.3. The molecular formula is C28H34N4O3. The average Bonchev–Trinajstić information content (AvgIpc) is 3.51. The molecule has 0 aromatic carbocycles. The highest BCUT2D eigenvalue weighted by Crippen LogP contribution is 2.52. The van der Waals surface area contributed by atoms with Crippen LogP contribution in [0.5, 0.6) is 0 Å². The fraction of sp³-hybridized carbons (Fsp3) is 0.536. The van der Waals surface area contributed by atoms with Gasteiger partial charge in [0.1, 0.15) is 11.8 Å². The number of H-pyrrole nitrogens is 1. The van der Waals surface area contributed by atoms with Crippen LogP contribution in [0.4, 0.5) is 0 Å². The summed E-state index contributed by atoms with van der Waals surface area (Å²) in [5.41, 5.74) is 3.22. The molecule has 0 saturated carbocycles. The lowest BCUT2D eigenvalue weighted by molar-refractivity contribution is -0.125. The van der Waals surface area contributed by atoms with E-state index in [1.165, 1.54) is 11.8 Å². The maximum Gasteiger partial charge on any atom is 0.291 e. The van der Waals surface area contributed by atoms with Crippen LogP contribution in [-0.2, 0) is 4.74 Å². The summed E-state index contributed by atoms with van der Waals surface area (Å²) >= 11 is 0. The summed E-state index contributed by atoms with van der Waals surface area (Å²) in [6.45, 7) is 10.9. The fourth-order valence-electron chi connectivity index (χ4n) is 6.16. The number of aliphatic hydroxyl groups is 1. The lowest BCUT2D eigenvalue weighted by atomic mass is 9.65. The quantitative estimate of drug-likeness (QED) is 0.558. The molecule has 2 aliphatic carbocycles. The molecule has 1 amide bonds. The normalized spacial score (nSPS) is 33.9. The average molecular weight is 475 g/mol. The van der Waals surface area contributed by atoms with E-state index >= 15 is 0 Å². The smallest absolute Gasteiger partial charge is 0.291 e. The number of aromatic amines is 1. The van der Waals surface area contributed by atoms with Gasteiger partial charge in [-0.25, -0.2) is 4.98 Å². The Labute approximate surface area is 206 Å². The first-order valence-corrected chi connectivity index (χ1v) is 12.6. The molecule has 3 heterocycles. The number of nitrogens with one attached hydrogen (secondary N) is 2. The van der Waals surface area contributed by atoms with Crippen molar-refractivity contribution in [1.82, 2.24) is 15.3 Å². The Hall–Kier alpha value is -2.95. The van der Waals surface area contributed by atoms with Crippen LogP contribution in [0.15, 0.2) is 53.4 Å². The van der Waals surface area contributed by atoms with Gasteiger partial charge < -0.3 is 20.1 Å². The van der Waals surface area contributed by atoms with Gasteiger partial charge in [0, 0.05) is 17.5 Å². The molecule has 5 rings (SSSR count). The van der Waals surface area contributed by atoms with E-state index in [4.69, 9.17) is 10.00 Å². The third-order valence-electron chi connectivity index (χ3n) is 8.54. The number of carbonyl (C=O) groups excluding carboxylic acids is 1. The molecule has 1 aromatic rings. The van der Waals surface area contributed by atoms with Gasteiger partial charge in [0.15, 0.2) is 5.82 Å². The van der Waals surface area contributed by atoms with Gasteiger partial charge in [0.25, 0.3) is 5.91 Å². The first-order chi connectivity index (χ1) is 16.6. The highest BCUT2D eigenvalue weighted by molar-refractivity contribution is 5.92. The zero-order valence-electron chi connectivity index (χ0n) is 20.7. The minimum atomic E-state index is -1.06. The molecule has 7 nitrogen and oxygen atoms in total. The van der Waals surface area contributed by atoms with E-state index in [1.807, 2.05) is 18.2 Å². The fourth-order valence-corrected chi connectivity index (χ4v) is 6.16. The molecule has 2 bridgehead atoms. The number of ether oxygens (including phenoxy) is 1.